The summed E-state index contributed by atoms with van der Waals surface area (Å²) in [7, 11) is 0. The number of rotatable bonds is 1. The van der Waals surface area contributed by atoms with Crippen molar-refractivity contribution < 1.29 is 0 Å². The zero-order valence-corrected chi connectivity index (χ0v) is 6.83. The van der Waals surface area contributed by atoms with Crippen molar-refractivity contribution in [3.05, 3.63) is 47.2 Å². The van der Waals surface area contributed by atoms with Crippen LogP contribution in [-0.2, 0) is 0 Å². The maximum atomic E-state index is 5.85. The Bertz CT molecular complexity index is 319. The average molecular weight is 160 g/mol. The second-order valence-corrected chi connectivity index (χ2v) is 3.07. The average Bonchev–Trinajstić information content (AvgIpc) is 2.59. The highest BCUT2D eigenvalue weighted by Crippen LogP contribution is 2.27. The molecule has 0 saturated heterocycles. The van der Waals surface area contributed by atoms with E-state index in [-0.39, 0.29) is 6.04 Å². The molecule has 0 aromatic rings. The third-order valence-electron chi connectivity index (χ3n) is 2.27. The van der Waals surface area contributed by atoms with E-state index >= 15 is 0 Å². The van der Waals surface area contributed by atoms with E-state index in [0.29, 0.717) is 0 Å². The van der Waals surface area contributed by atoms with Gasteiger partial charge in [0.25, 0.3) is 0 Å². The molecule has 0 saturated carbocycles. The summed E-state index contributed by atoms with van der Waals surface area (Å²) in [5, 5.41) is 0. The molecule has 0 heterocycles. The first kappa shape index (κ1) is 7.37. The summed E-state index contributed by atoms with van der Waals surface area (Å²) in [6.07, 6.45) is 10.9. The van der Waals surface area contributed by atoms with E-state index in [9.17, 15) is 0 Å². The minimum absolute atomic E-state index is 0.0402. The van der Waals surface area contributed by atoms with Gasteiger partial charge in [0.05, 0.1) is 0 Å². The van der Waals surface area contributed by atoms with Crippen LogP contribution in [0.25, 0.3) is 0 Å². The lowest BCUT2D eigenvalue weighted by Crippen LogP contribution is -2.19. The van der Waals surface area contributed by atoms with Gasteiger partial charge in [-0.25, -0.2) is 0 Å². The lowest BCUT2D eigenvalue weighted by Gasteiger charge is -2.10. The van der Waals surface area contributed by atoms with Gasteiger partial charge in [-0.1, -0.05) is 24.3 Å². The molecule has 0 fully saturated rings. The first-order chi connectivity index (χ1) is 5.79. The van der Waals surface area contributed by atoms with Crippen molar-refractivity contribution in [3.8, 4) is 0 Å². The Hall–Kier alpha value is -1.28. The molecule has 0 radical (unpaired) electrons. The predicted octanol–water partition coefficient (Wildman–Crippen LogP) is 0.983. The molecule has 62 valence electrons. The molecule has 0 aromatic heterocycles. The van der Waals surface area contributed by atoms with Gasteiger partial charge >= 0.3 is 0 Å². The van der Waals surface area contributed by atoms with E-state index in [0.717, 1.165) is 17.7 Å². The molecule has 0 bridgehead atoms. The normalized spacial score (nSPS) is 27.1. The summed E-state index contributed by atoms with van der Waals surface area (Å²) in [5.74, 6) is 0. The van der Waals surface area contributed by atoms with Crippen LogP contribution >= 0.6 is 0 Å². The molecule has 2 nitrogen and oxygen atoms in total. The lowest BCUT2D eigenvalue weighted by atomic mass is 10.0. The fourth-order valence-corrected chi connectivity index (χ4v) is 1.60. The minimum atomic E-state index is 0.0402. The Morgan fingerprint density at radius 3 is 2.75 bits per heavy atom. The van der Waals surface area contributed by atoms with Gasteiger partial charge in [-0.15, -0.1) is 0 Å². The molecule has 0 aliphatic heterocycles. The summed E-state index contributed by atoms with van der Waals surface area (Å²) in [6, 6.07) is 0.0402. The van der Waals surface area contributed by atoms with Gasteiger partial charge in [0.2, 0.25) is 0 Å². The van der Waals surface area contributed by atoms with Gasteiger partial charge in [0, 0.05) is 11.7 Å². The smallest absolute Gasteiger partial charge is 0.0487 e. The maximum absolute atomic E-state index is 5.85. The van der Waals surface area contributed by atoms with E-state index in [1.165, 1.54) is 5.57 Å². The van der Waals surface area contributed by atoms with Crippen LogP contribution < -0.4 is 11.5 Å². The Kier molecular flexibility index (Phi) is 1.62. The molecule has 2 heteroatoms. The quantitative estimate of drug-likeness (QED) is 0.600. The van der Waals surface area contributed by atoms with Crippen LogP contribution in [0, 0.1) is 0 Å². The molecule has 1 atom stereocenters. The summed E-state index contributed by atoms with van der Waals surface area (Å²) in [6.45, 7) is 0. The molecule has 2 aliphatic rings. The molecule has 0 amide bonds. The number of nitrogens with two attached hydrogens (primary N) is 2. The van der Waals surface area contributed by atoms with Crippen molar-refractivity contribution in [1.82, 2.24) is 0 Å². The third kappa shape index (κ3) is 1.01. The topological polar surface area (TPSA) is 52.0 Å². The molecule has 2 aliphatic carbocycles. The largest absolute Gasteiger partial charge is 0.398 e. The second kappa shape index (κ2) is 2.64. The highest BCUT2D eigenvalue weighted by molar-refractivity contribution is 5.51. The maximum Gasteiger partial charge on any atom is 0.0487 e. The highest BCUT2D eigenvalue weighted by atomic mass is 14.7. The van der Waals surface area contributed by atoms with Crippen molar-refractivity contribution in [2.24, 2.45) is 11.5 Å². The Labute approximate surface area is 71.9 Å². The van der Waals surface area contributed by atoms with E-state index in [2.05, 4.69) is 6.08 Å². The summed E-state index contributed by atoms with van der Waals surface area (Å²) >= 11 is 0. The SMILES string of the molecule is NC1=C(C2=CC=CC2N)CC=C1. The molecule has 0 spiro atoms. The molecule has 12 heavy (non-hydrogen) atoms. The zero-order chi connectivity index (χ0) is 8.55. The van der Waals surface area contributed by atoms with Crippen molar-refractivity contribution in [1.29, 1.82) is 0 Å². The first-order valence-corrected chi connectivity index (χ1v) is 4.08. The van der Waals surface area contributed by atoms with Crippen molar-refractivity contribution in [2.45, 2.75) is 12.5 Å². The van der Waals surface area contributed by atoms with Gasteiger partial charge in [-0.05, 0) is 23.6 Å². The van der Waals surface area contributed by atoms with Crippen molar-refractivity contribution in [3.63, 3.8) is 0 Å². The monoisotopic (exact) mass is 160 g/mol. The summed E-state index contributed by atoms with van der Waals surface area (Å²) < 4.78 is 0. The molecule has 4 N–H and O–H groups in total. The van der Waals surface area contributed by atoms with E-state index in [4.69, 9.17) is 11.5 Å². The van der Waals surface area contributed by atoms with E-state index < -0.39 is 0 Å². The highest BCUT2D eigenvalue weighted by Gasteiger charge is 2.17. The van der Waals surface area contributed by atoms with Crippen LogP contribution in [0.15, 0.2) is 47.2 Å². The fraction of sp³-hybridized carbons (Fsp3) is 0.200. The number of allylic oxidation sites excluding steroid dienone is 4. The molecule has 0 aromatic carbocycles. The van der Waals surface area contributed by atoms with E-state index in [1.54, 1.807) is 0 Å². The molecular formula is C10H12N2. The Balaban J connectivity index is 2.28. The third-order valence-corrected chi connectivity index (χ3v) is 2.27. The molecular weight excluding hydrogens is 148 g/mol. The van der Waals surface area contributed by atoms with Crippen molar-refractivity contribution >= 4 is 0 Å². The van der Waals surface area contributed by atoms with Gasteiger partial charge in [-0.2, -0.15) is 0 Å². The van der Waals surface area contributed by atoms with Crippen LogP contribution in [0.2, 0.25) is 0 Å². The van der Waals surface area contributed by atoms with Crippen molar-refractivity contribution in [2.75, 3.05) is 0 Å². The summed E-state index contributed by atoms with van der Waals surface area (Å²) in [4.78, 5) is 0. The molecule has 2 rings (SSSR count). The van der Waals surface area contributed by atoms with Gasteiger partial charge in [0.1, 0.15) is 0 Å². The van der Waals surface area contributed by atoms with Crippen LogP contribution in [0.1, 0.15) is 6.42 Å². The fourth-order valence-electron chi connectivity index (χ4n) is 1.60. The zero-order valence-electron chi connectivity index (χ0n) is 6.83. The van der Waals surface area contributed by atoms with Gasteiger partial charge in [0.15, 0.2) is 0 Å². The summed E-state index contributed by atoms with van der Waals surface area (Å²) in [5.41, 5.74) is 14.9. The van der Waals surface area contributed by atoms with Crippen LogP contribution in [-0.4, -0.2) is 6.04 Å². The second-order valence-electron chi connectivity index (χ2n) is 3.07. The van der Waals surface area contributed by atoms with Crippen LogP contribution in [0.4, 0.5) is 0 Å². The molecule has 1 unspecified atom stereocenters. The number of hydrogen-bond acceptors (Lipinski definition) is 2. The van der Waals surface area contributed by atoms with Gasteiger partial charge < -0.3 is 11.5 Å². The first-order valence-electron chi connectivity index (χ1n) is 4.08. The predicted molar refractivity (Wildman–Crippen MR) is 50.2 cm³/mol. The Morgan fingerprint density at radius 1 is 1.42 bits per heavy atom. The van der Waals surface area contributed by atoms with E-state index in [1.807, 2.05) is 24.3 Å². The van der Waals surface area contributed by atoms with Gasteiger partial charge in [-0.3, -0.25) is 0 Å². The van der Waals surface area contributed by atoms with Crippen LogP contribution in [0.5, 0.6) is 0 Å². The number of hydrogen-bond donors (Lipinski definition) is 2. The Morgan fingerprint density at radius 2 is 2.25 bits per heavy atom. The minimum Gasteiger partial charge on any atom is -0.398 e. The van der Waals surface area contributed by atoms with Crippen LogP contribution in [0.3, 0.4) is 0 Å². The standard InChI is InChI=1S/C10H12N2/c11-9-5-1-3-7(9)8-4-2-6-10(8)12/h1-3,5-6,9H,4,11-12H2. The lowest BCUT2D eigenvalue weighted by molar-refractivity contribution is 0.959.